The third-order valence-corrected chi connectivity index (χ3v) is 3.39. The highest BCUT2D eigenvalue weighted by Crippen LogP contribution is 2.29. The number of rotatable bonds is 3. The van der Waals surface area contributed by atoms with Crippen molar-refractivity contribution in [3.8, 4) is 0 Å². The van der Waals surface area contributed by atoms with E-state index in [9.17, 15) is 9.59 Å². The van der Waals surface area contributed by atoms with Gasteiger partial charge in [-0.2, -0.15) is 0 Å². The molecule has 2 rings (SSSR count). The molecule has 102 valence electrons. The molecule has 0 radical (unpaired) electrons. The summed E-state index contributed by atoms with van der Waals surface area (Å²) in [7, 11) is 0. The van der Waals surface area contributed by atoms with Crippen molar-refractivity contribution >= 4 is 12.0 Å². The van der Waals surface area contributed by atoms with Crippen molar-refractivity contribution in [2.24, 2.45) is 0 Å². The fourth-order valence-corrected chi connectivity index (χ4v) is 2.36. The predicted molar refractivity (Wildman–Crippen MR) is 70.9 cm³/mol. The quantitative estimate of drug-likeness (QED) is 0.777. The molecule has 0 aliphatic heterocycles. The molecule has 2 atom stereocenters. The van der Waals surface area contributed by atoms with Crippen LogP contribution in [0, 0.1) is 0 Å². The average Bonchev–Trinajstić information content (AvgIpc) is 2.39. The van der Waals surface area contributed by atoms with Gasteiger partial charge in [0, 0.05) is 0 Å². The van der Waals surface area contributed by atoms with Gasteiger partial charge in [-0.25, -0.2) is 4.79 Å². The Morgan fingerprint density at radius 3 is 2.84 bits per heavy atom. The molecule has 1 aromatic carbocycles. The van der Waals surface area contributed by atoms with Gasteiger partial charge < -0.3 is 15.7 Å². The highest BCUT2D eigenvalue weighted by Gasteiger charge is 2.22. The van der Waals surface area contributed by atoms with Crippen LogP contribution in [-0.4, -0.2) is 23.1 Å². The average molecular weight is 262 g/mol. The number of aryl methyl sites for hydroxylation is 1. The van der Waals surface area contributed by atoms with E-state index in [4.69, 9.17) is 5.11 Å². The van der Waals surface area contributed by atoms with Crippen LogP contribution in [-0.2, 0) is 11.2 Å². The molecule has 0 bridgehead atoms. The van der Waals surface area contributed by atoms with Crippen LogP contribution in [0.1, 0.15) is 36.9 Å². The number of hydrogen-bond donors (Lipinski definition) is 3. The van der Waals surface area contributed by atoms with Gasteiger partial charge in [0.15, 0.2) is 0 Å². The minimum atomic E-state index is -1.04. The van der Waals surface area contributed by atoms with E-state index < -0.39 is 18.0 Å². The molecule has 1 unspecified atom stereocenters. The van der Waals surface area contributed by atoms with E-state index in [2.05, 4.69) is 16.7 Å². The Morgan fingerprint density at radius 2 is 2.11 bits per heavy atom. The molecule has 0 spiro atoms. The Labute approximate surface area is 112 Å². The normalized spacial score (nSPS) is 19.1. The van der Waals surface area contributed by atoms with Crippen molar-refractivity contribution in [3.63, 3.8) is 0 Å². The zero-order chi connectivity index (χ0) is 13.8. The standard InChI is InChI=1S/C14H18N2O3/c1-9(13(17)18)15-14(19)16-12-8-4-6-10-5-2-3-7-11(10)12/h2-3,5,7,9,12H,4,6,8H2,1H3,(H,17,18)(H2,15,16,19)/t9-,12?/m0/s1. The van der Waals surface area contributed by atoms with Crippen molar-refractivity contribution in [1.29, 1.82) is 0 Å². The second-order valence-electron chi connectivity index (χ2n) is 4.82. The van der Waals surface area contributed by atoms with Gasteiger partial charge in [-0.15, -0.1) is 0 Å². The molecule has 2 amide bonds. The number of carbonyl (C=O) groups excluding carboxylic acids is 1. The molecule has 1 aromatic rings. The number of carbonyl (C=O) groups is 2. The summed E-state index contributed by atoms with van der Waals surface area (Å²) in [6.45, 7) is 1.44. The second kappa shape index (κ2) is 5.73. The maximum atomic E-state index is 11.8. The number of fused-ring (bicyclic) bond motifs is 1. The van der Waals surface area contributed by atoms with E-state index in [1.807, 2.05) is 18.2 Å². The number of carboxylic acid groups (broad SMARTS) is 1. The van der Waals surface area contributed by atoms with Crippen molar-refractivity contribution in [3.05, 3.63) is 35.4 Å². The van der Waals surface area contributed by atoms with Crippen molar-refractivity contribution in [2.45, 2.75) is 38.3 Å². The number of amides is 2. The third kappa shape index (κ3) is 3.24. The van der Waals surface area contributed by atoms with Crippen LogP contribution < -0.4 is 10.6 Å². The van der Waals surface area contributed by atoms with E-state index in [1.54, 1.807) is 0 Å². The topological polar surface area (TPSA) is 78.4 Å². The van der Waals surface area contributed by atoms with Gasteiger partial charge in [-0.05, 0) is 37.3 Å². The van der Waals surface area contributed by atoms with Crippen LogP contribution in [0.25, 0.3) is 0 Å². The third-order valence-electron chi connectivity index (χ3n) is 3.39. The number of hydrogen-bond acceptors (Lipinski definition) is 2. The lowest BCUT2D eigenvalue weighted by Crippen LogP contribution is -2.45. The molecule has 0 aromatic heterocycles. The fraction of sp³-hybridized carbons (Fsp3) is 0.429. The first kappa shape index (κ1) is 13.4. The summed E-state index contributed by atoms with van der Waals surface area (Å²) >= 11 is 0. The molecule has 3 N–H and O–H groups in total. The van der Waals surface area contributed by atoms with E-state index >= 15 is 0 Å². The van der Waals surface area contributed by atoms with Gasteiger partial charge in [-0.1, -0.05) is 24.3 Å². The van der Waals surface area contributed by atoms with Crippen LogP contribution in [0.2, 0.25) is 0 Å². The minimum absolute atomic E-state index is 0.0362. The van der Waals surface area contributed by atoms with E-state index in [-0.39, 0.29) is 6.04 Å². The van der Waals surface area contributed by atoms with E-state index in [0.29, 0.717) is 0 Å². The van der Waals surface area contributed by atoms with Gasteiger partial charge in [0.1, 0.15) is 6.04 Å². The summed E-state index contributed by atoms with van der Waals surface area (Å²) in [6, 6.07) is 6.67. The van der Waals surface area contributed by atoms with Gasteiger partial charge in [0.2, 0.25) is 0 Å². The van der Waals surface area contributed by atoms with E-state index in [0.717, 1.165) is 24.8 Å². The maximum Gasteiger partial charge on any atom is 0.325 e. The lowest BCUT2D eigenvalue weighted by Gasteiger charge is -2.26. The molecule has 0 saturated carbocycles. The molecule has 0 heterocycles. The molecular weight excluding hydrogens is 244 g/mol. The summed E-state index contributed by atoms with van der Waals surface area (Å²) in [6.07, 6.45) is 2.93. The molecular formula is C14H18N2O3. The summed E-state index contributed by atoms with van der Waals surface area (Å²) < 4.78 is 0. The van der Waals surface area contributed by atoms with E-state index in [1.165, 1.54) is 12.5 Å². The highest BCUT2D eigenvalue weighted by atomic mass is 16.4. The Kier molecular flexibility index (Phi) is 4.04. The highest BCUT2D eigenvalue weighted by molar-refractivity contribution is 5.82. The largest absolute Gasteiger partial charge is 0.480 e. The first-order chi connectivity index (χ1) is 9.08. The monoisotopic (exact) mass is 262 g/mol. The van der Waals surface area contributed by atoms with Crippen molar-refractivity contribution in [1.82, 2.24) is 10.6 Å². The smallest absolute Gasteiger partial charge is 0.325 e. The minimum Gasteiger partial charge on any atom is -0.480 e. The van der Waals surface area contributed by atoms with Crippen LogP contribution in [0.5, 0.6) is 0 Å². The molecule has 5 nitrogen and oxygen atoms in total. The summed E-state index contributed by atoms with van der Waals surface area (Å²) in [4.78, 5) is 22.4. The summed E-state index contributed by atoms with van der Waals surface area (Å²) in [5, 5.41) is 14.0. The van der Waals surface area contributed by atoms with Gasteiger partial charge in [0.25, 0.3) is 0 Å². The first-order valence-electron chi connectivity index (χ1n) is 6.45. The Morgan fingerprint density at radius 1 is 1.37 bits per heavy atom. The molecule has 0 fully saturated rings. The summed E-state index contributed by atoms with van der Waals surface area (Å²) in [5.74, 6) is -1.04. The molecule has 1 aliphatic rings. The maximum absolute atomic E-state index is 11.8. The Bertz CT molecular complexity index is 487. The molecule has 5 heteroatoms. The SMILES string of the molecule is C[C@H](NC(=O)NC1CCCc2ccccc21)C(=O)O. The molecule has 1 aliphatic carbocycles. The van der Waals surface area contributed by atoms with Crippen molar-refractivity contribution in [2.75, 3.05) is 0 Å². The zero-order valence-corrected chi connectivity index (χ0v) is 10.8. The summed E-state index contributed by atoms with van der Waals surface area (Å²) in [5.41, 5.74) is 2.39. The number of urea groups is 1. The van der Waals surface area contributed by atoms with Gasteiger partial charge in [0.05, 0.1) is 6.04 Å². The second-order valence-corrected chi connectivity index (χ2v) is 4.82. The van der Waals surface area contributed by atoms with Crippen LogP contribution in [0.4, 0.5) is 4.79 Å². The number of aliphatic carboxylic acids is 1. The van der Waals surface area contributed by atoms with Gasteiger partial charge >= 0.3 is 12.0 Å². The number of benzene rings is 1. The Hall–Kier alpha value is -2.04. The molecule has 19 heavy (non-hydrogen) atoms. The lowest BCUT2D eigenvalue weighted by molar-refractivity contribution is -0.138. The van der Waals surface area contributed by atoms with Gasteiger partial charge in [-0.3, -0.25) is 4.79 Å². The Balaban J connectivity index is 2.01. The fourth-order valence-electron chi connectivity index (χ4n) is 2.36. The van der Waals surface area contributed by atoms with Crippen molar-refractivity contribution < 1.29 is 14.7 Å². The van der Waals surface area contributed by atoms with Crippen LogP contribution in [0.3, 0.4) is 0 Å². The zero-order valence-electron chi connectivity index (χ0n) is 10.8. The number of nitrogens with one attached hydrogen (secondary N) is 2. The van der Waals surface area contributed by atoms with Crippen LogP contribution >= 0.6 is 0 Å². The first-order valence-corrected chi connectivity index (χ1v) is 6.45. The predicted octanol–water partition coefficient (Wildman–Crippen LogP) is 1.84. The lowest BCUT2D eigenvalue weighted by atomic mass is 9.88. The number of carboxylic acids is 1. The van der Waals surface area contributed by atoms with Crippen LogP contribution in [0.15, 0.2) is 24.3 Å². The molecule has 0 saturated heterocycles.